The molecule has 15 heavy (non-hydrogen) atoms. The smallest absolute Gasteiger partial charge is 0.0380 e. The van der Waals surface area contributed by atoms with Crippen molar-refractivity contribution in [3.63, 3.8) is 0 Å². The quantitative estimate of drug-likeness (QED) is 0.767. The van der Waals surface area contributed by atoms with Crippen LogP contribution in [0.2, 0.25) is 0 Å². The van der Waals surface area contributed by atoms with Crippen LogP contribution in [0.5, 0.6) is 0 Å². The fraction of sp³-hybridized carbons (Fsp3) is 0.846. The zero-order valence-corrected chi connectivity index (χ0v) is 10.8. The van der Waals surface area contributed by atoms with E-state index >= 15 is 0 Å². The van der Waals surface area contributed by atoms with E-state index in [1.165, 1.54) is 32.4 Å². The van der Waals surface area contributed by atoms with Crippen LogP contribution in [0.3, 0.4) is 0 Å². The molecule has 1 aliphatic rings. The highest BCUT2D eigenvalue weighted by molar-refractivity contribution is 5.00. The van der Waals surface area contributed by atoms with Crippen molar-refractivity contribution < 1.29 is 0 Å². The zero-order valence-electron chi connectivity index (χ0n) is 10.8. The second kappa shape index (κ2) is 5.02. The van der Waals surface area contributed by atoms with E-state index in [0.717, 1.165) is 11.6 Å². The largest absolute Gasteiger partial charge is 0.384 e. The summed E-state index contributed by atoms with van der Waals surface area (Å²) in [6.07, 6.45) is 3.84. The average molecular weight is 210 g/mol. The van der Waals surface area contributed by atoms with E-state index in [9.17, 15) is 0 Å². The van der Waals surface area contributed by atoms with Crippen molar-refractivity contribution in [3.05, 3.63) is 12.3 Å². The van der Waals surface area contributed by atoms with Gasteiger partial charge in [0.2, 0.25) is 0 Å². The lowest BCUT2D eigenvalue weighted by Gasteiger charge is -2.43. The molecule has 0 aromatic heterocycles. The lowest BCUT2D eigenvalue weighted by molar-refractivity contribution is 0.124. The van der Waals surface area contributed by atoms with Crippen molar-refractivity contribution in [1.29, 1.82) is 0 Å². The summed E-state index contributed by atoms with van der Waals surface area (Å²) in [5.41, 5.74) is 1.31. The molecular weight excluding hydrogens is 184 g/mol. The van der Waals surface area contributed by atoms with Gasteiger partial charge in [-0.05, 0) is 52.6 Å². The first-order valence-corrected chi connectivity index (χ1v) is 6.10. The second-order valence-electron chi connectivity index (χ2n) is 5.28. The number of allylic oxidation sites excluding steroid dienone is 1. The number of likely N-dealkylation sites (tertiary alicyclic amines) is 1. The van der Waals surface area contributed by atoms with Crippen LogP contribution in [0.1, 0.15) is 40.0 Å². The van der Waals surface area contributed by atoms with Crippen molar-refractivity contribution in [2.45, 2.75) is 45.6 Å². The van der Waals surface area contributed by atoms with E-state index in [1.54, 1.807) is 0 Å². The van der Waals surface area contributed by atoms with E-state index in [-0.39, 0.29) is 5.54 Å². The van der Waals surface area contributed by atoms with Crippen molar-refractivity contribution >= 4 is 0 Å². The molecular formula is C13H26N2. The molecule has 0 radical (unpaired) electrons. The number of nitrogens with zero attached hydrogens (tertiary/aromatic N) is 1. The molecule has 2 atom stereocenters. The van der Waals surface area contributed by atoms with Gasteiger partial charge in [0, 0.05) is 17.8 Å². The molecule has 0 spiro atoms. The van der Waals surface area contributed by atoms with Crippen LogP contribution >= 0.6 is 0 Å². The van der Waals surface area contributed by atoms with Gasteiger partial charge in [0.05, 0.1) is 0 Å². The van der Waals surface area contributed by atoms with Crippen LogP contribution in [-0.2, 0) is 0 Å². The highest BCUT2D eigenvalue weighted by Crippen LogP contribution is 2.29. The van der Waals surface area contributed by atoms with Gasteiger partial charge in [0.15, 0.2) is 0 Å². The standard InChI is InChI=1S/C13H26N2/c1-6-13(4,14-11(2)3)12-8-7-9-15(5)10-12/h12,14H,2,6-10H2,1,3-5H3/t12?,13-/m0/s1. The van der Waals surface area contributed by atoms with E-state index in [1.807, 2.05) is 0 Å². The van der Waals surface area contributed by atoms with Crippen LogP contribution < -0.4 is 5.32 Å². The van der Waals surface area contributed by atoms with Crippen molar-refractivity contribution in [3.8, 4) is 0 Å². The minimum Gasteiger partial charge on any atom is -0.384 e. The number of piperidine rings is 1. The summed E-state index contributed by atoms with van der Waals surface area (Å²) in [7, 11) is 2.23. The minimum atomic E-state index is 0.223. The Balaban J connectivity index is 2.66. The SMILES string of the molecule is C=C(C)N[C@@](C)(CC)C1CCCN(C)C1. The molecule has 1 aliphatic heterocycles. The van der Waals surface area contributed by atoms with Crippen molar-refractivity contribution in [2.75, 3.05) is 20.1 Å². The molecule has 1 rings (SSSR count). The van der Waals surface area contributed by atoms with Crippen LogP contribution in [0.15, 0.2) is 12.3 Å². The monoisotopic (exact) mass is 210 g/mol. The number of nitrogens with one attached hydrogen (secondary N) is 1. The maximum absolute atomic E-state index is 3.98. The number of hydrogen-bond donors (Lipinski definition) is 1. The molecule has 1 fully saturated rings. The van der Waals surface area contributed by atoms with E-state index in [2.05, 4.69) is 44.6 Å². The summed E-state index contributed by atoms with van der Waals surface area (Å²) < 4.78 is 0. The summed E-state index contributed by atoms with van der Waals surface area (Å²) in [5.74, 6) is 0.748. The van der Waals surface area contributed by atoms with Crippen LogP contribution in [-0.4, -0.2) is 30.6 Å². The molecule has 0 aliphatic carbocycles. The number of hydrogen-bond acceptors (Lipinski definition) is 2. The molecule has 1 saturated heterocycles. The summed E-state index contributed by atoms with van der Waals surface area (Å²) in [4.78, 5) is 2.45. The van der Waals surface area contributed by atoms with E-state index < -0.39 is 0 Å². The maximum atomic E-state index is 3.98. The Hall–Kier alpha value is -0.500. The maximum Gasteiger partial charge on any atom is 0.0380 e. The first-order chi connectivity index (χ1) is 6.98. The van der Waals surface area contributed by atoms with Gasteiger partial charge in [0.25, 0.3) is 0 Å². The molecule has 1 N–H and O–H groups in total. The molecule has 1 unspecified atom stereocenters. The summed E-state index contributed by atoms with van der Waals surface area (Å²) in [6.45, 7) is 13.1. The average Bonchev–Trinajstić information content (AvgIpc) is 2.16. The van der Waals surface area contributed by atoms with Gasteiger partial charge in [-0.1, -0.05) is 13.5 Å². The molecule has 2 nitrogen and oxygen atoms in total. The lowest BCUT2D eigenvalue weighted by atomic mass is 9.78. The minimum absolute atomic E-state index is 0.223. The third-order valence-electron chi connectivity index (χ3n) is 3.76. The Kier molecular flexibility index (Phi) is 4.21. The Morgan fingerprint density at radius 3 is 2.73 bits per heavy atom. The van der Waals surface area contributed by atoms with Gasteiger partial charge in [0.1, 0.15) is 0 Å². The number of rotatable bonds is 4. The Morgan fingerprint density at radius 2 is 2.27 bits per heavy atom. The van der Waals surface area contributed by atoms with E-state index in [4.69, 9.17) is 0 Å². The van der Waals surface area contributed by atoms with Gasteiger partial charge < -0.3 is 10.2 Å². The molecule has 0 aromatic rings. The third-order valence-corrected chi connectivity index (χ3v) is 3.76. The predicted molar refractivity (Wildman–Crippen MR) is 66.9 cm³/mol. The highest BCUT2D eigenvalue weighted by atomic mass is 15.1. The first kappa shape index (κ1) is 12.6. The fourth-order valence-corrected chi connectivity index (χ4v) is 2.65. The van der Waals surface area contributed by atoms with Crippen LogP contribution in [0.25, 0.3) is 0 Å². The zero-order chi connectivity index (χ0) is 11.5. The predicted octanol–water partition coefficient (Wildman–Crippen LogP) is 2.62. The molecule has 1 heterocycles. The van der Waals surface area contributed by atoms with E-state index in [0.29, 0.717) is 0 Å². The third kappa shape index (κ3) is 3.23. The molecule has 88 valence electrons. The Labute approximate surface area is 94.7 Å². The second-order valence-corrected chi connectivity index (χ2v) is 5.28. The molecule has 0 amide bonds. The Morgan fingerprint density at radius 1 is 1.60 bits per heavy atom. The highest BCUT2D eigenvalue weighted by Gasteiger charge is 2.34. The van der Waals surface area contributed by atoms with Crippen molar-refractivity contribution in [2.24, 2.45) is 5.92 Å². The van der Waals surface area contributed by atoms with Gasteiger partial charge in [-0.15, -0.1) is 0 Å². The molecule has 0 aromatic carbocycles. The Bertz CT molecular complexity index is 225. The van der Waals surface area contributed by atoms with Gasteiger partial charge in [-0.2, -0.15) is 0 Å². The normalized spacial score (nSPS) is 27.1. The molecule has 0 bridgehead atoms. The fourth-order valence-electron chi connectivity index (χ4n) is 2.65. The van der Waals surface area contributed by atoms with Crippen LogP contribution in [0, 0.1) is 5.92 Å². The summed E-state index contributed by atoms with van der Waals surface area (Å²) >= 11 is 0. The first-order valence-electron chi connectivity index (χ1n) is 6.10. The summed E-state index contributed by atoms with van der Waals surface area (Å²) in [5, 5.41) is 3.58. The topological polar surface area (TPSA) is 15.3 Å². The molecule has 2 heteroatoms. The summed E-state index contributed by atoms with van der Waals surface area (Å²) in [6, 6.07) is 0. The van der Waals surface area contributed by atoms with Gasteiger partial charge in [-0.3, -0.25) is 0 Å². The van der Waals surface area contributed by atoms with Gasteiger partial charge in [-0.25, -0.2) is 0 Å². The molecule has 0 saturated carbocycles. The van der Waals surface area contributed by atoms with Gasteiger partial charge >= 0.3 is 0 Å². The van der Waals surface area contributed by atoms with Crippen molar-refractivity contribution in [1.82, 2.24) is 10.2 Å². The lowest BCUT2D eigenvalue weighted by Crippen LogP contribution is -2.52. The van der Waals surface area contributed by atoms with Crippen LogP contribution in [0.4, 0.5) is 0 Å².